The van der Waals surface area contributed by atoms with Gasteiger partial charge in [-0.1, -0.05) is 6.07 Å². The van der Waals surface area contributed by atoms with Crippen LogP contribution in [0.3, 0.4) is 0 Å². The van der Waals surface area contributed by atoms with E-state index in [1.165, 1.54) is 6.07 Å². The number of benzene rings is 1. The minimum absolute atomic E-state index is 0. The van der Waals surface area contributed by atoms with Crippen molar-refractivity contribution in [2.75, 3.05) is 14.1 Å². The number of hydrogen-bond acceptors (Lipinski definition) is 3. The van der Waals surface area contributed by atoms with E-state index in [1.54, 1.807) is 24.5 Å². The van der Waals surface area contributed by atoms with Crippen LogP contribution in [-0.4, -0.2) is 29.9 Å². The first-order chi connectivity index (χ1) is 10.5. The van der Waals surface area contributed by atoms with Crippen molar-refractivity contribution < 1.29 is 4.39 Å². The van der Waals surface area contributed by atoms with Crippen molar-refractivity contribution in [3.63, 3.8) is 0 Å². The summed E-state index contributed by atoms with van der Waals surface area (Å²) in [7, 11) is 3.68. The van der Waals surface area contributed by atoms with E-state index in [9.17, 15) is 4.39 Å². The molecule has 0 aliphatic rings. The normalized spacial score (nSPS) is 11.1. The van der Waals surface area contributed by atoms with Crippen LogP contribution in [0.2, 0.25) is 0 Å². The molecule has 2 aromatic rings. The molecule has 1 heterocycles. The SMILES string of the molecule is CN=C(NCc1ccc(Br)c(F)c1)N(C)Cc1csc(C)n1.I. The third-order valence-corrected chi connectivity index (χ3v) is 4.54. The van der Waals surface area contributed by atoms with Crippen molar-refractivity contribution in [1.29, 1.82) is 0 Å². The van der Waals surface area contributed by atoms with E-state index in [-0.39, 0.29) is 29.8 Å². The maximum absolute atomic E-state index is 13.5. The maximum Gasteiger partial charge on any atom is 0.194 e. The predicted octanol–water partition coefficient (Wildman–Crippen LogP) is 4.18. The van der Waals surface area contributed by atoms with Gasteiger partial charge in [-0.25, -0.2) is 9.37 Å². The average Bonchev–Trinajstić information content (AvgIpc) is 2.88. The van der Waals surface area contributed by atoms with Crippen LogP contribution in [0.25, 0.3) is 0 Å². The molecular weight excluding hydrogens is 494 g/mol. The number of aryl methyl sites for hydroxylation is 1. The lowest BCUT2D eigenvalue weighted by Gasteiger charge is -2.21. The highest BCUT2D eigenvalue weighted by Crippen LogP contribution is 2.16. The molecule has 1 N–H and O–H groups in total. The number of guanidine groups is 1. The molecule has 126 valence electrons. The van der Waals surface area contributed by atoms with E-state index >= 15 is 0 Å². The van der Waals surface area contributed by atoms with E-state index in [0.29, 0.717) is 17.6 Å². The van der Waals surface area contributed by atoms with Crippen LogP contribution < -0.4 is 5.32 Å². The largest absolute Gasteiger partial charge is 0.352 e. The number of hydrogen-bond donors (Lipinski definition) is 1. The molecule has 0 aliphatic heterocycles. The number of rotatable bonds is 4. The first-order valence-corrected chi connectivity index (χ1v) is 8.43. The fourth-order valence-electron chi connectivity index (χ4n) is 2.01. The van der Waals surface area contributed by atoms with Gasteiger partial charge in [0.05, 0.1) is 21.7 Å². The first kappa shape index (κ1) is 20.3. The average molecular weight is 513 g/mol. The minimum atomic E-state index is -0.263. The molecule has 0 amide bonds. The van der Waals surface area contributed by atoms with E-state index in [4.69, 9.17) is 0 Å². The van der Waals surface area contributed by atoms with E-state index in [2.05, 4.69) is 31.2 Å². The number of nitrogens with one attached hydrogen (secondary N) is 1. The van der Waals surface area contributed by atoms with E-state index < -0.39 is 0 Å². The van der Waals surface area contributed by atoms with Gasteiger partial charge in [-0.3, -0.25) is 4.99 Å². The zero-order chi connectivity index (χ0) is 16.1. The fraction of sp³-hybridized carbons (Fsp3) is 0.333. The zero-order valence-corrected chi connectivity index (χ0v) is 17.9. The molecule has 0 aliphatic carbocycles. The number of aromatic nitrogens is 1. The Morgan fingerprint density at radius 1 is 1.48 bits per heavy atom. The van der Waals surface area contributed by atoms with Crippen LogP contribution in [0.4, 0.5) is 4.39 Å². The zero-order valence-electron chi connectivity index (χ0n) is 13.1. The van der Waals surface area contributed by atoms with Crippen molar-refractivity contribution in [3.05, 3.63) is 50.1 Å². The lowest BCUT2D eigenvalue weighted by atomic mass is 10.2. The Labute approximate surface area is 165 Å². The summed E-state index contributed by atoms with van der Waals surface area (Å²) in [6.07, 6.45) is 0. The number of halogens is 3. The monoisotopic (exact) mass is 512 g/mol. The molecule has 1 aromatic heterocycles. The van der Waals surface area contributed by atoms with Crippen molar-refractivity contribution >= 4 is 57.2 Å². The Hall–Kier alpha value is -0.740. The number of nitrogens with zero attached hydrogens (tertiary/aromatic N) is 3. The van der Waals surface area contributed by atoms with Gasteiger partial charge in [0.25, 0.3) is 0 Å². The topological polar surface area (TPSA) is 40.5 Å². The highest BCUT2D eigenvalue weighted by Gasteiger charge is 2.09. The van der Waals surface area contributed by atoms with Crippen molar-refractivity contribution in [2.45, 2.75) is 20.0 Å². The molecule has 2 rings (SSSR count). The van der Waals surface area contributed by atoms with Gasteiger partial charge in [0.1, 0.15) is 5.82 Å². The van der Waals surface area contributed by atoms with E-state index in [1.807, 2.05) is 30.3 Å². The molecule has 0 fully saturated rings. The molecule has 1 aromatic carbocycles. The fourth-order valence-corrected chi connectivity index (χ4v) is 2.86. The highest BCUT2D eigenvalue weighted by atomic mass is 127. The summed E-state index contributed by atoms with van der Waals surface area (Å²) in [4.78, 5) is 10.7. The Morgan fingerprint density at radius 2 is 2.22 bits per heavy atom. The van der Waals surface area contributed by atoms with Gasteiger partial charge >= 0.3 is 0 Å². The summed E-state index contributed by atoms with van der Waals surface area (Å²) in [6.45, 7) is 3.18. The van der Waals surface area contributed by atoms with Gasteiger partial charge in [-0.05, 0) is 40.5 Å². The summed E-state index contributed by atoms with van der Waals surface area (Å²) in [5, 5.41) is 6.33. The standard InChI is InChI=1S/C15H18BrFN4S.HI/c1-10-20-12(9-22-10)8-21(3)15(18-2)19-7-11-4-5-13(16)14(17)6-11;/h4-6,9H,7-8H2,1-3H3,(H,18,19);1H. The summed E-state index contributed by atoms with van der Waals surface area (Å²) >= 11 is 4.79. The van der Waals surface area contributed by atoms with Gasteiger partial charge in [-0.2, -0.15) is 0 Å². The maximum atomic E-state index is 13.5. The van der Waals surface area contributed by atoms with Crippen LogP contribution in [0, 0.1) is 12.7 Å². The first-order valence-electron chi connectivity index (χ1n) is 6.76. The third kappa shape index (κ3) is 6.00. The molecule has 4 nitrogen and oxygen atoms in total. The Kier molecular flexibility index (Phi) is 8.41. The molecule has 0 saturated heterocycles. The Balaban J connectivity index is 0.00000264. The molecule has 8 heteroatoms. The van der Waals surface area contributed by atoms with Crippen molar-refractivity contribution in [3.8, 4) is 0 Å². The quantitative estimate of drug-likeness (QED) is 0.379. The van der Waals surface area contributed by atoms with Gasteiger partial charge < -0.3 is 10.2 Å². The second-order valence-electron chi connectivity index (χ2n) is 4.86. The van der Waals surface area contributed by atoms with Gasteiger partial charge in [0.2, 0.25) is 0 Å². The summed E-state index contributed by atoms with van der Waals surface area (Å²) in [5.74, 6) is 0.481. The molecule has 0 bridgehead atoms. The Bertz CT molecular complexity index is 677. The second kappa shape index (κ2) is 9.53. The molecule has 23 heavy (non-hydrogen) atoms. The van der Waals surface area contributed by atoms with Crippen LogP contribution >= 0.6 is 51.2 Å². The third-order valence-electron chi connectivity index (χ3n) is 3.07. The summed E-state index contributed by atoms with van der Waals surface area (Å²) in [5.41, 5.74) is 1.88. The van der Waals surface area contributed by atoms with Crippen LogP contribution in [0.15, 0.2) is 33.0 Å². The lowest BCUT2D eigenvalue weighted by Crippen LogP contribution is -2.38. The second-order valence-corrected chi connectivity index (χ2v) is 6.78. The van der Waals surface area contributed by atoms with Gasteiger partial charge in [0, 0.05) is 26.0 Å². The molecule has 0 radical (unpaired) electrons. The number of aliphatic imine (C=N–C) groups is 1. The van der Waals surface area contributed by atoms with Gasteiger partial charge in [0.15, 0.2) is 5.96 Å². The van der Waals surface area contributed by atoms with Crippen molar-refractivity contribution in [2.24, 2.45) is 4.99 Å². The van der Waals surface area contributed by atoms with Crippen LogP contribution in [0.5, 0.6) is 0 Å². The van der Waals surface area contributed by atoms with Crippen LogP contribution in [0.1, 0.15) is 16.3 Å². The summed E-state index contributed by atoms with van der Waals surface area (Å²) < 4.78 is 14.0. The molecule has 0 spiro atoms. The van der Waals surface area contributed by atoms with Crippen molar-refractivity contribution in [1.82, 2.24) is 15.2 Å². The number of thiazole rings is 1. The smallest absolute Gasteiger partial charge is 0.194 e. The van der Waals surface area contributed by atoms with E-state index in [0.717, 1.165) is 22.2 Å². The van der Waals surface area contributed by atoms with Gasteiger partial charge in [-0.15, -0.1) is 35.3 Å². The molecule has 0 saturated carbocycles. The predicted molar refractivity (Wildman–Crippen MR) is 108 cm³/mol. The summed E-state index contributed by atoms with van der Waals surface area (Å²) in [6, 6.07) is 5.09. The molecule has 0 atom stereocenters. The highest BCUT2D eigenvalue weighted by molar-refractivity contribution is 14.0. The molecular formula is C15H19BrFIN4S. The Morgan fingerprint density at radius 3 is 2.78 bits per heavy atom. The minimum Gasteiger partial charge on any atom is -0.352 e. The molecule has 0 unspecified atom stereocenters. The van der Waals surface area contributed by atoms with Crippen LogP contribution in [-0.2, 0) is 13.1 Å². The lowest BCUT2D eigenvalue weighted by molar-refractivity contribution is 0.470.